The van der Waals surface area contributed by atoms with Gasteiger partial charge in [0.1, 0.15) is 11.5 Å². The van der Waals surface area contributed by atoms with E-state index in [9.17, 15) is 10.2 Å². The van der Waals surface area contributed by atoms with Gasteiger partial charge in [-0.3, -0.25) is 0 Å². The Morgan fingerprint density at radius 3 is 2.39 bits per heavy atom. The molecule has 152 valence electrons. The molecule has 31 heavy (non-hydrogen) atoms. The zero-order valence-electron chi connectivity index (χ0n) is 17.2. The molecule has 0 aliphatic heterocycles. The van der Waals surface area contributed by atoms with E-state index in [1.165, 1.54) is 6.07 Å². The highest BCUT2D eigenvalue weighted by molar-refractivity contribution is 5.88. The predicted octanol–water partition coefficient (Wildman–Crippen LogP) is 5.78. The standard InChI is InChI=1S/C26H21N3O2/c1-16-7-3-6-10-23(16)29-26(20-13-12-19(30)15-24(20)31)25(17(2)28-29)22-14-11-18-8-4-5-9-21(18)27-22/h3-15,30-31H,1-2H3. The van der Waals surface area contributed by atoms with E-state index in [-0.39, 0.29) is 11.5 Å². The highest BCUT2D eigenvalue weighted by Crippen LogP contribution is 2.41. The third-order valence-electron chi connectivity index (χ3n) is 5.50. The highest BCUT2D eigenvalue weighted by atomic mass is 16.3. The average Bonchev–Trinajstić information content (AvgIpc) is 3.10. The van der Waals surface area contributed by atoms with E-state index in [0.29, 0.717) is 5.56 Å². The number of aromatic hydroxyl groups is 2. The second-order valence-corrected chi connectivity index (χ2v) is 7.60. The van der Waals surface area contributed by atoms with Gasteiger partial charge < -0.3 is 10.2 Å². The van der Waals surface area contributed by atoms with Gasteiger partial charge >= 0.3 is 0 Å². The van der Waals surface area contributed by atoms with Crippen molar-refractivity contribution >= 4 is 10.9 Å². The Bertz CT molecular complexity index is 1440. The van der Waals surface area contributed by atoms with Gasteiger partial charge in [-0.05, 0) is 49.7 Å². The maximum atomic E-state index is 10.7. The molecular formula is C26H21N3O2. The van der Waals surface area contributed by atoms with Crippen LogP contribution < -0.4 is 0 Å². The number of phenolic OH excluding ortho intramolecular Hbond substituents is 2. The summed E-state index contributed by atoms with van der Waals surface area (Å²) in [5.74, 6) is -0.0120. The molecule has 0 bridgehead atoms. The molecule has 0 aliphatic carbocycles. The fourth-order valence-electron chi connectivity index (χ4n) is 3.98. The van der Waals surface area contributed by atoms with Gasteiger partial charge in [0.05, 0.1) is 28.3 Å². The van der Waals surface area contributed by atoms with Crippen molar-refractivity contribution in [2.24, 2.45) is 0 Å². The van der Waals surface area contributed by atoms with Gasteiger partial charge in [0.2, 0.25) is 0 Å². The summed E-state index contributed by atoms with van der Waals surface area (Å²) in [4.78, 5) is 4.88. The van der Waals surface area contributed by atoms with Crippen LogP contribution in [-0.4, -0.2) is 25.0 Å². The normalized spacial score (nSPS) is 11.2. The lowest BCUT2D eigenvalue weighted by atomic mass is 10.0. The maximum absolute atomic E-state index is 10.7. The summed E-state index contributed by atoms with van der Waals surface area (Å²) >= 11 is 0. The number of phenols is 2. The fourth-order valence-corrected chi connectivity index (χ4v) is 3.98. The second kappa shape index (κ2) is 7.29. The number of pyridine rings is 1. The number of aromatic nitrogens is 3. The first-order valence-electron chi connectivity index (χ1n) is 10.1. The summed E-state index contributed by atoms with van der Waals surface area (Å²) < 4.78 is 1.85. The number of fused-ring (bicyclic) bond motifs is 1. The van der Waals surface area contributed by atoms with E-state index in [1.54, 1.807) is 12.1 Å². The van der Waals surface area contributed by atoms with Crippen molar-refractivity contribution in [2.45, 2.75) is 13.8 Å². The van der Waals surface area contributed by atoms with Crippen LogP contribution in [0, 0.1) is 13.8 Å². The molecule has 2 N–H and O–H groups in total. The summed E-state index contributed by atoms with van der Waals surface area (Å²) in [6.45, 7) is 3.97. The zero-order valence-corrected chi connectivity index (χ0v) is 17.2. The first-order valence-corrected chi connectivity index (χ1v) is 10.1. The molecule has 5 nitrogen and oxygen atoms in total. The topological polar surface area (TPSA) is 71.2 Å². The van der Waals surface area contributed by atoms with E-state index in [1.807, 2.05) is 79.2 Å². The molecule has 0 atom stereocenters. The molecule has 5 rings (SSSR count). The van der Waals surface area contributed by atoms with Crippen LogP contribution in [0.25, 0.3) is 39.1 Å². The molecule has 3 aromatic carbocycles. The monoisotopic (exact) mass is 407 g/mol. The summed E-state index contributed by atoms with van der Waals surface area (Å²) in [5, 5.41) is 26.4. The lowest BCUT2D eigenvalue weighted by Crippen LogP contribution is -2.02. The number of para-hydroxylation sites is 2. The summed E-state index contributed by atoms with van der Waals surface area (Å²) in [7, 11) is 0. The van der Waals surface area contributed by atoms with Crippen molar-refractivity contribution in [3.05, 3.63) is 90.1 Å². The molecule has 0 unspecified atom stereocenters. The summed E-state index contributed by atoms with van der Waals surface area (Å²) in [5.41, 5.74) is 6.59. The molecule has 0 aliphatic rings. The smallest absolute Gasteiger partial charge is 0.128 e. The third-order valence-corrected chi connectivity index (χ3v) is 5.50. The van der Waals surface area contributed by atoms with Gasteiger partial charge in [-0.25, -0.2) is 9.67 Å². The fraction of sp³-hybridized carbons (Fsp3) is 0.0769. The number of benzene rings is 3. The second-order valence-electron chi connectivity index (χ2n) is 7.60. The van der Waals surface area contributed by atoms with Crippen molar-refractivity contribution in [3.8, 4) is 39.7 Å². The Hall–Kier alpha value is -4.12. The summed E-state index contributed by atoms with van der Waals surface area (Å²) in [6, 6.07) is 24.6. The first kappa shape index (κ1) is 18.9. The average molecular weight is 407 g/mol. The van der Waals surface area contributed by atoms with Crippen LogP contribution in [0.2, 0.25) is 0 Å². The van der Waals surface area contributed by atoms with Gasteiger partial charge in [-0.15, -0.1) is 0 Å². The molecule has 0 spiro atoms. The Labute approximate surface area is 179 Å². The van der Waals surface area contributed by atoms with Crippen molar-refractivity contribution < 1.29 is 10.2 Å². The van der Waals surface area contributed by atoms with E-state index in [2.05, 4.69) is 0 Å². The molecule has 0 fully saturated rings. The number of aryl methyl sites for hydroxylation is 2. The van der Waals surface area contributed by atoms with Gasteiger partial charge in [0.15, 0.2) is 0 Å². The molecule has 0 saturated heterocycles. The first-order chi connectivity index (χ1) is 15.0. The largest absolute Gasteiger partial charge is 0.508 e. The van der Waals surface area contributed by atoms with Crippen molar-refractivity contribution in [3.63, 3.8) is 0 Å². The van der Waals surface area contributed by atoms with Crippen LogP contribution >= 0.6 is 0 Å². The molecule has 5 heteroatoms. The van der Waals surface area contributed by atoms with Crippen LogP contribution in [0.4, 0.5) is 0 Å². The molecule has 0 amide bonds. The van der Waals surface area contributed by atoms with Crippen LogP contribution in [0.5, 0.6) is 11.5 Å². The predicted molar refractivity (Wildman–Crippen MR) is 123 cm³/mol. The summed E-state index contributed by atoms with van der Waals surface area (Å²) in [6.07, 6.45) is 0. The van der Waals surface area contributed by atoms with Crippen LogP contribution in [-0.2, 0) is 0 Å². The van der Waals surface area contributed by atoms with Crippen LogP contribution in [0.3, 0.4) is 0 Å². The van der Waals surface area contributed by atoms with Gasteiger partial charge in [-0.1, -0.05) is 42.5 Å². The highest BCUT2D eigenvalue weighted by Gasteiger charge is 2.23. The Morgan fingerprint density at radius 1 is 0.806 bits per heavy atom. The molecule has 2 aromatic heterocycles. The number of nitrogens with zero attached hydrogens (tertiary/aromatic N) is 3. The van der Waals surface area contributed by atoms with Gasteiger partial charge in [0, 0.05) is 22.6 Å². The number of hydrogen-bond donors (Lipinski definition) is 2. The SMILES string of the molecule is Cc1ccccc1-n1nc(C)c(-c2ccc3ccccc3n2)c1-c1ccc(O)cc1O. The minimum absolute atomic E-state index is 0.00492. The Morgan fingerprint density at radius 2 is 1.58 bits per heavy atom. The molecule has 0 saturated carbocycles. The maximum Gasteiger partial charge on any atom is 0.128 e. The van der Waals surface area contributed by atoms with Crippen LogP contribution in [0.1, 0.15) is 11.3 Å². The van der Waals surface area contributed by atoms with Gasteiger partial charge in [-0.2, -0.15) is 5.10 Å². The van der Waals surface area contributed by atoms with Crippen LogP contribution in [0.15, 0.2) is 78.9 Å². The third kappa shape index (κ3) is 3.20. The van der Waals surface area contributed by atoms with Crippen molar-refractivity contribution in [2.75, 3.05) is 0 Å². The Balaban J connectivity index is 1.85. The number of rotatable bonds is 3. The van der Waals surface area contributed by atoms with E-state index in [0.717, 1.165) is 44.8 Å². The van der Waals surface area contributed by atoms with E-state index >= 15 is 0 Å². The number of hydrogen-bond acceptors (Lipinski definition) is 4. The van der Waals surface area contributed by atoms with Crippen molar-refractivity contribution in [1.82, 2.24) is 14.8 Å². The molecular weight excluding hydrogens is 386 g/mol. The zero-order chi connectivity index (χ0) is 21.5. The lowest BCUT2D eigenvalue weighted by molar-refractivity contribution is 0.451. The molecule has 2 heterocycles. The quantitative estimate of drug-likeness (QED) is 0.398. The van der Waals surface area contributed by atoms with Crippen molar-refractivity contribution in [1.29, 1.82) is 0 Å². The molecule has 5 aromatic rings. The van der Waals surface area contributed by atoms with E-state index in [4.69, 9.17) is 10.1 Å². The Kier molecular flexibility index (Phi) is 4.44. The minimum Gasteiger partial charge on any atom is -0.508 e. The van der Waals surface area contributed by atoms with Gasteiger partial charge in [0.25, 0.3) is 0 Å². The van der Waals surface area contributed by atoms with E-state index < -0.39 is 0 Å². The molecule has 0 radical (unpaired) electrons. The lowest BCUT2D eigenvalue weighted by Gasteiger charge is -2.14. The minimum atomic E-state index is -0.0169.